The maximum atomic E-state index is 10.6. The van der Waals surface area contributed by atoms with Crippen LogP contribution in [0.25, 0.3) is 0 Å². The highest BCUT2D eigenvalue weighted by Gasteiger charge is 2.35. The molecule has 1 rings (SSSR count). The second kappa shape index (κ2) is 3.63. The number of esters is 1. The van der Waals surface area contributed by atoms with Crippen LogP contribution in [-0.4, -0.2) is 45.2 Å². The third-order valence-corrected chi connectivity index (χ3v) is 1.69. The predicted molar refractivity (Wildman–Crippen MR) is 39.9 cm³/mol. The molecule has 0 aliphatic carbocycles. The Morgan fingerprint density at radius 2 is 2.08 bits per heavy atom. The molecule has 0 aromatic heterocycles. The molecule has 0 unspecified atom stereocenters. The van der Waals surface area contributed by atoms with Crippen LogP contribution in [0.1, 0.15) is 6.42 Å². The van der Waals surface area contributed by atoms with Crippen molar-refractivity contribution in [2.24, 2.45) is 0 Å². The Hall–Kier alpha value is -1.27. The molecule has 1 aliphatic rings. The second-order valence-electron chi connectivity index (χ2n) is 2.70. The summed E-state index contributed by atoms with van der Waals surface area (Å²) >= 11 is 0. The van der Waals surface area contributed by atoms with E-state index >= 15 is 0 Å². The van der Waals surface area contributed by atoms with Crippen molar-refractivity contribution in [3.63, 3.8) is 0 Å². The van der Waals surface area contributed by atoms with Gasteiger partial charge in [0.2, 0.25) is 5.76 Å². The van der Waals surface area contributed by atoms with Crippen LogP contribution in [-0.2, 0) is 9.53 Å². The Bertz CT molecular complexity index is 245. The van der Waals surface area contributed by atoms with Crippen LogP contribution in [0.2, 0.25) is 0 Å². The lowest BCUT2D eigenvalue weighted by molar-refractivity contribution is -0.143. The number of hydrogen-bond acceptors (Lipinski definition) is 6. The van der Waals surface area contributed by atoms with Gasteiger partial charge in [0.05, 0.1) is 12.7 Å². The van der Waals surface area contributed by atoms with Gasteiger partial charge in [0.25, 0.3) is 0 Å². The molecule has 1 aliphatic heterocycles. The summed E-state index contributed by atoms with van der Waals surface area (Å²) in [6.45, 7) is -0.498. The fourth-order valence-corrected chi connectivity index (χ4v) is 0.979. The number of ether oxygens (including phenoxy) is 1. The number of carbonyl (C=O) groups excluding carboxylic acids is 1. The van der Waals surface area contributed by atoms with Gasteiger partial charge in [0.15, 0.2) is 11.9 Å². The summed E-state index contributed by atoms with van der Waals surface area (Å²) in [6, 6.07) is 0. The number of rotatable bonds is 3. The molecule has 6 nitrogen and oxygen atoms in total. The standard InChI is InChI=1S/C7H10O6/c8-2-3(9)1-4-5(10)6(11)7(12)13-4/h3-4,8-11H,1-2H2/t3-,4-/m1/s1. The predicted octanol–water partition coefficient (Wildman–Crippen LogP) is -1.02. The lowest BCUT2D eigenvalue weighted by Gasteiger charge is -2.12. The van der Waals surface area contributed by atoms with Crippen LogP contribution in [0.3, 0.4) is 0 Å². The average molecular weight is 190 g/mol. The van der Waals surface area contributed by atoms with Crippen LogP contribution in [0, 0.1) is 0 Å². The van der Waals surface area contributed by atoms with E-state index in [4.69, 9.17) is 20.4 Å². The van der Waals surface area contributed by atoms with Crippen molar-refractivity contribution >= 4 is 5.97 Å². The van der Waals surface area contributed by atoms with Crippen molar-refractivity contribution in [3.05, 3.63) is 11.5 Å². The first-order chi connectivity index (χ1) is 6.06. The van der Waals surface area contributed by atoms with Gasteiger partial charge in [0, 0.05) is 6.42 Å². The normalized spacial score (nSPS) is 24.8. The van der Waals surface area contributed by atoms with Crippen molar-refractivity contribution in [2.45, 2.75) is 18.6 Å². The second-order valence-corrected chi connectivity index (χ2v) is 2.70. The van der Waals surface area contributed by atoms with Crippen molar-refractivity contribution in [2.75, 3.05) is 6.61 Å². The molecule has 0 bridgehead atoms. The van der Waals surface area contributed by atoms with Crippen molar-refractivity contribution in [1.82, 2.24) is 0 Å². The first-order valence-corrected chi connectivity index (χ1v) is 3.68. The monoisotopic (exact) mass is 190 g/mol. The number of aliphatic hydroxyl groups excluding tert-OH is 4. The van der Waals surface area contributed by atoms with E-state index in [1.54, 1.807) is 0 Å². The molecule has 0 saturated carbocycles. The Morgan fingerprint density at radius 3 is 2.46 bits per heavy atom. The van der Waals surface area contributed by atoms with E-state index in [1.807, 2.05) is 0 Å². The molecule has 1 heterocycles. The molecule has 0 aromatic carbocycles. The summed E-state index contributed by atoms with van der Waals surface area (Å²) in [5.41, 5.74) is 0. The molecular weight excluding hydrogens is 180 g/mol. The first-order valence-electron chi connectivity index (χ1n) is 3.68. The molecule has 0 aromatic rings. The van der Waals surface area contributed by atoms with E-state index in [0.29, 0.717) is 0 Å². The Kier molecular flexibility index (Phi) is 2.74. The minimum Gasteiger partial charge on any atom is -0.505 e. The topological polar surface area (TPSA) is 107 Å². The first kappa shape index (κ1) is 9.82. The quantitative estimate of drug-likeness (QED) is 0.424. The van der Waals surface area contributed by atoms with Crippen LogP contribution in [0.4, 0.5) is 0 Å². The molecule has 0 saturated heterocycles. The Balaban J connectivity index is 2.61. The summed E-state index contributed by atoms with van der Waals surface area (Å²) in [4.78, 5) is 10.6. The maximum Gasteiger partial charge on any atom is 0.377 e. The summed E-state index contributed by atoms with van der Waals surface area (Å²) in [6.07, 6.45) is -2.29. The molecule has 74 valence electrons. The van der Waals surface area contributed by atoms with Gasteiger partial charge >= 0.3 is 5.97 Å². The van der Waals surface area contributed by atoms with Gasteiger partial charge in [-0.05, 0) is 0 Å². The van der Waals surface area contributed by atoms with Crippen molar-refractivity contribution in [3.8, 4) is 0 Å². The number of aliphatic hydroxyl groups is 4. The highest BCUT2D eigenvalue weighted by Crippen LogP contribution is 2.21. The van der Waals surface area contributed by atoms with Gasteiger partial charge in [-0.25, -0.2) is 4.79 Å². The summed E-state index contributed by atoms with van der Waals surface area (Å²) < 4.78 is 4.47. The lowest BCUT2D eigenvalue weighted by Crippen LogP contribution is -2.22. The zero-order chi connectivity index (χ0) is 10.0. The number of carbonyl (C=O) groups is 1. The van der Waals surface area contributed by atoms with Gasteiger partial charge in [-0.1, -0.05) is 0 Å². The average Bonchev–Trinajstić information content (AvgIpc) is 2.34. The van der Waals surface area contributed by atoms with Crippen LogP contribution in [0.15, 0.2) is 11.5 Å². The fourth-order valence-electron chi connectivity index (χ4n) is 0.979. The SMILES string of the molecule is O=C1O[C@H](C[C@@H](O)CO)C(O)=C1O. The van der Waals surface area contributed by atoms with E-state index in [-0.39, 0.29) is 6.42 Å². The summed E-state index contributed by atoms with van der Waals surface area (Å²) in [7, 11) is 0. The van der Waals surface area contributed by atoms with E-state index in [1.165, 1.54) is 0 Å². The zero-order valence-electron chi connectivity index (χ0n) is 6.67. The molecule has 2 atom stereocenters. The minimum atomic E-state index is -1.09. The van der Waals surface area contributed by atoms with Crippen LogP contribution < -0.4 is 0 Å². The molecule has 0 amide bonds. The summed E-state index contributed by atoms with van der Waals surface area (Å²) in [5.74, 6) is -2.46. The van der Waals surface area contributed by atoms with Gasteiger partial charge in [-0.15, -0.1) is 0 Å². The number of hydrogen-bond donors (Lipinski definition) is 4. The smallest absolute Gasteiger partial charge is 0.377 e. The van der Waals surface area contributed by atoms with E-state index < -0.39 is 36.3 Å². The summed E-state index contributed by atoms with van der Waals surface area (Å²) in [5, 5.41) is 35.3. The van der Waals surface area contributed by atoms with Crippen molar-refractivity contribution in [1.29, 1.82) is 0 Å². The van der Waals surface area contributed by atoms with Gasteiger partial charge in [-0.3, -0.25) is 0 Å². The largest absolute Gasteiger partial charge is 0.505 e. The van der Waals surface area contributed by atoms with E-state index in [0.717, 1.165) is 0 Å². The van der Waals surface area contributed by atoms with Gasteiger partial charge in [0.1, 0.15) is 0 Å². The lowest BCUT2D eigenvalue weighted by atomic mass is 10.1. The third-order valence-electron chi connectivity index (χ3n) is 1.69. The van der Waals surface area contributed by atoms with Gasteiger partial charge < -0.3 is 25.2 Å². The molecule has 4 N–H and O–H groups in total. The molecular formula is C7H10O6. The molecule has 0 radical (unpaired) electrons. The minimum absolute atomic E-state index is 0.141. The molecule has 13 heavy (non-hydrogen) atoms. The van der Waals surface area contributed by atoms with Crippen LogP contribution in [0.5, 0.6) is 0 Å². The zero-order valence-corrected chi connectivity index (χ0v) is 6.67. The van der Waals surface area contributed by atoms with Gasteiger partial charge in [-0.2, -0.15) is 0 Å². The fraction of sp³-hybridized carbons (Fsp3) is 0.571. The molecule has 0 spiro atoms. The maximum absolute atomic E-state index is 10.6. The Labute approximate surface area is 73.7 Å². The molecule has 6 heteroatoms. The van der Waals surface area contributed by atoms with E-state index in [2.05, 4.69) is 4.74 Å². The van der Waals surface area contributed by atoms with Crippen LogP contribution >= 0.6 is 0 Å². The number of cyclic esters (lactones) is 1. The molecule has 0 fully saturated rings. The Morgan fingerprint density at radius 1 is 1.46 bits per heavy atom. The van der Waals surface area contributed by atoms with E-state index in [9.17, 15) is 4.79 Å². The highest BCUT2D eigenvalue weighted by molar-refractivity contribution is 5.88. The van der Waals surface area contributed by atoms with Crippen molar-refractivity contribution < 1.29 is 30.0 Å². The highest BCUT2D eigenvalue weighted by atomic mass is 16.6. The third kappa shape index (κ3) is 1.90.